The van der Waals surface area contributed by atoms with Crippen LogP contribution in [0.25, 0.3) is 0 Å². The number of carbonyl (C=O) groups excluding carboxylic acids is 1. The highest BCUT2D eigenvalue weighted by Crippen LogP contribution is 2.19. The van der Waals surface area contributed by atoms with Gasteiger partial charge in [-0.2, -0.15) is 0 Å². The van der Waals surface area contributed by atoms with E-state index in [0.29, 0.717) is 6.42 Å². The van der Waals surface area contributed by atoms with Crippen molar-refractivity contribution in [3.63, 3.8) is 0 Å². The molecule has 3 N–H and O–H groups in total. The average Bonchev–Trinajstić information content (AvgIpc) is 3.34. The summed E-state index contributed by atoms with van der Waals surface area (Å²) in [5, 5.41) is 23.2. The van der Waals surface area contributed by atoms with Gasteiger partial charge in [0.1, 0.15) is 0 Å². The van der Waals surface area contributed by atoms with Gasteiger partial charge in [-0.3, -0.25) is 4.79 Å². The van der Waals surface area contributed by atoms with Gasteiger partial charge >= 0.3 is 0 Å². The molecule has 0 saturated carbocycles. The molecule has 0 aliphatic carbocycles. The van der Waals surface area contributed by atoms with Crippen molar-refractivity contribution in [2.75, 3.05) is 6.61 Å². The Kier molecular flexibility index (Phi) is 59.7. The lowest BCUT2D eigenvalue weighted by atomic mass is 10.0. The van der Waals surface area contributed by atoms with Gasteiger partial charge in [-0.15, -0.1) is 0 Å². The van der Waals surface area contributed by atoms with Gasteiger partial charge in [0.15, 0.2) is 0 Å². The highest BCUT2D eigenvalue weighted by atomic mass is 16.3. The van der Waals surface area contributed by atoms with Crippen molar-refractivity contribution in [2.24, 2.45) is 0 Å². The van der Waals surface area contributed by atoms with Crippen LogP contribution in [0.15, 0.2) is 12.2 Å². The highest BCUT2D eigenvalue weighted by molar-refractivity contribution is 5.76. The monoisotopic (exact) mass is 958 g/mol. The second kappa shape index (κ2) is 60.4. The van der Waals surface area contributed by atoms with Crippen LogP contribution in [0.4, 0.5) is 0 Å². The molecule has 0 aromatic rings. The van der Waals surface area contributed by atoms with Crippen molar-refractivity contribution in [1.29, 1.82) is 0 Å². The van der Waals surface area contributed by atoms with E-state index < -0.39 is 12.1 Å². The minimum absolute atomic E-state index is 0.0543. The van der Waals surface area contributed by atoms with E-state index in [2.05, 4.69) is 19.2 Å². The lowest BCUT2D eigenvalue weighted by Gasteiger charge is -2.20. The standard InChI is InChI=1S/C64H127NO3/c1-3-5-7-9-11-13-15-17-19-21-23-25-26-27-28-29-30-31-32-33-34-35-36-37-38-40-42-44-46-48-50-52-54-56-58-60-64(68)65-62(61-66)63(67)59-57-55-53-51-49-47-45-43-41-39-24-22-20-18-16-14-12-10-8-6-4-2/h57,59,62-63,66-67H,3-56,58,60-61H2,1-2H3,(H,65,68)/b59-57+. The third-order valence-corrected chi connectivity index (χ3v) is 15.3. The number of allylic oxidation sites excluding steroid dienone is 1. The number of carbonyl (C=O) groups is 1. The number of aliphatic hydroxyl groups excluding tert-OH is 2. The Hall–Kier alpha value is -0.870. The summed E-state index contributed by atoms with van der Waals surface area (Å²) in [5.74, 6) is -0.0543. The molecule has 0 aliphatic heterocycles. The Morgan fingerprint density at radius 2 is 0.544 bits per heavy atom. The molecule has 68 heavy (non-hydrogen) atoms. The Labute approximate surface area is 428 Å². The second-order valence-corrected chi connectivity index (χ2v) is 22.2. The zero-order chi connectivity index (χ0) is 49.2. The smallest absolute Gasteiger partial charge is 0.220 e. The van der Waals surface area contributed by atoms with E-state index in [1.807, 2.05) is 6.08 Å². The van der Waals surface area contributed by atoms with Gasteiger partial charge in [-0.1, -0.05) is 360 Å². The number of rotatable bonds is 60. The molecule has 4 nitrogen and oxygen atoms in total. The summed E-state index contributed by atoms with van der Waals surface area (Å²) >= 11 is 0. The number of nitrogens with one attached hydrogen (secondary N) is 1. The predicted octanol–water partition coefficient (Wildman–Crippen LogP) is 21.3. The van der Waals surface area contributed by atoms with Crippen LogP contribution in [0.3, 0.4) is 0 Å². The first-order valence-corrected chi connectivity index (χ1v) is 31.9. The van der Waals surface area contributed by atoms with Gasteiger partial charge in [0.2, 0.25) is 5.91 Å². The number of aliphatic hydroxyl groups is 2. The number of hydrogen-bond donors (Lipinski definition) is 3. The van der Waals surface area contributed by atoms with Crippen LogP contribution in [0.1, 0.15) is 373 Å². The van der Waals surface area contributed by atoms with Crippen molar-refractivity contribution in [3.8, 4) is 0 Å². The van der Waals surface area contributed by atoms with E-state index >= 15 is 0 Å². The first-order valence-electron chi connectivity index (χ1n) is 31.9. The maximum absolute atomic E-state index is 12.5. The Balaban J connectivity index is 3.38. The number of hydrogen-bond acceptors (Lipinski definition) is 3. The summed E-state index contributed by atoms with van der Waals surface area (Å²) in [6.07, 6.45) is 79.9. The normalized spacial score (nSPS) is 12.7. The van der Waals surface area contributed by atoms with Gasteiger partial charge in [-0.25, -0.2) is 0 Å². The summed E-state index contributed by atoms with van der Waals surface area (Å²) in [4.78, 5) is 12.5. The summed E-state index contributed by atoms with van der Waals surface area (Å²) < 4.78 is 0. The lowest BCUT2D eigenvalue weighted by Crippen LogP contribution is -2.45. The van der Waals surface area contributed by atoms with Gasteiger partial charge in [0.25, 0.3) is 0 Å². The van der Waals surface area contributed by atoms with E-state index in [9.17, 15) is 15.0 Å². The first kappa shape index (κ1) is 67.1. The van der Waals surface area contributed by atoms with E-state index in [-0.39, 0.29) is 12.5 Å². The molecule has 0 saturated heterocycles. The number of unbranched alkanes of at least 4 members (excludes halogenated alkanes) is 53. The fourth-order valence-corrected chi connectivity index (χ4v) is 10.4. The topological polar surface area (TPSA) is 69.6 Å². The van der Waals surface area contributed by atoms with E-state index in [1.54, 1.807) is 6.08 Å². The van der Waals surface area contributed by atoms with Crippen molar-refractivity contribution < 1.29 is 15.0 Å². The molecule has 0 bridgehead atoms. The quantitative estimate of drug-likeness (QED) is 0.0420. The molecule has 0 heterocycles. The zero-order valence-electron chi connectivity index (χ0n) is 46.9. The molecular formula is C64H127NO3. The fraction of sp³-hybridized carbons (Fsp3) is 0.953. The molecule has 0 fully saturated rings. The van der Waals surface area contributed by atoms with Crippen molar-refractivity contribution in [2.45, 2.75) is 386 Å². The first-order chi connectivity index (χ1) is 33.7. The van der Waals surface area contributed by atoms with Crippen molar-refractivity contribution >= 4 is 5.91 Å². The van der Waals surface area contributed by atoms with Crippen LogP contribution in [0.2, 0.25) is 0 Å². The molecule has 0 aromatic heterocycles. The van der Waals surface area contributed by atoms with Crippen LogP contribution < -0.4 is 5.32 Å². The second-order valence-electron chi connectivity index (χ2n) is 22.2. The molecule has 2 atom stereocenters. The van der Waals surface area contributed by atoms with Crippen molar-refractivity contribution in [1.82, 2.24) is 5.32 Å². The van der Waals surface area contributed by atoms with Gasteiger partial charge in [-0.05, 0) is 19.3 Å². The van der Waals surface area contributed by atoms with Gasteiger partial charge in [0, 0.05) is 6.42 Å². The third-order valence-electron chi connectivity index (χ3n) is 15.3. The molecule has 0 aromatic carbocycles. The fourth-order valence-electron chi connectivity index (χ4n) is 10.4. The molecular weight excluding hydrogens is 831 g/mol. The van der Waals surface area contributed by atoms with Gasteiger partial charge < -0.3 is 15.5 Å². The largest absolute Gasteiger partial charge is 0.394 e. The van der Waals surface area contributed by atoms with Crippen LogP contribution >= 0.6 is 0 Å². The van der Waals surface area contributed by atoms with E-state index in [4.69, 9.17) is 0 Å². The minimum Gasteiger partial charge on any atom is -0.394 e. The predicted molar refractivity (Wildman–Crippen MR) is 304 cm³/mol. The molecule has 0 rings (SSSR count). The Bertz CT molecular complexity index is 952. The van der Waals surface area contributed by atoms with E-state index in [0.717, 1.165) is 25.7 Å². The Morgan fingerprint density at radius 1 is 0.338 bits per heavy atom. The van der Waals surface area contributed by atoms with Crippen LogP contribution in [0.5, 0.6) is 0 Å². The van der Waals surface area contributed by atoms with Crippen molar-refractivity contribution in [3.05, 3.63) is 12.2 Å². The maximum Gasteiger partial charge on any atom is 0.220 e. The Morgan fingerprint density at radius 3 is 0.765 bits per heavy atom. The van der Waals surface area contributed by atoms with Crippen LogP contribution in [0, 0.1) is 0 Å². The maximum atomic E-state index is 12.5. The molecule has 0 spiro atoms. The molecule has 0 radical (unpaired) electrons. The summed E-state index contributed by atoms with van der Waals surface area (Å²) in [6.45, 7) is 4.36. The molecule has 406 valence electrons. The lowest BCUT2D eigenvalue weighted by molar-refractivity contribution is -0.123. The summed E-state index contributed by atoms with van der Waals surface area (Å²) in [6, 6.07) is -0.619. The zero-order valence-corrected chi connectivity index (χ0v) is 46.9. The number of amides is 1. The van der Waals surface area contributed by atoms with Gasteiger partial charge in [0.05, 0.1) is 18.8 Å². The summed E-state index contributed by atoms with van der Waals surface area (Å²) in [5.41, 5.74) is 0. The SMILES string of the molecule is CCCCCCCCCCCCCCCCCCCCC/C=C/C(O)C(CO)NC(=O)CCCCCCCCCCCCCCCCCCCCCCCCCCCCCCCCCCCCC. The minimum atomic E-state index is -0.836. The highest BCUT2D eigenvalue weighted by Gasteiger charge is 2.18. The molecule has 0 aliphatic rings. The van der Waals surface area contributed by atoms with E-state index in [1.165, 1.54) is 327 Å². The molecule has 2 unspecified atom stereocenters. The third kappa shape index (κ3) is 56.0. The molecule has 1 amide bonds. The summed E-state index contributed by atoms with van der Waals surface area (Å²) in [7, 11) is 0. The van der Waals surface area contributed by atoms with Crippen LogP contribution in [-0.4, -0.2) is 34.9 Å². The average molecular weight is 959 g/mol. The van der Waals surface area contributed by atoms with Crippen LogP contribution in [-0.2, 0) is 4.79 Å². The molecule has 4 heteroatoms.